The summed E-state index contributed by atoms with van der Waals surface area (Å²) in [6, 6.07) is 0.393. The largest absolute Gasteiger partial charge is 0.374 e. The van der Waals surface area contributed by atoms with Crippen molar-refractivity contribution in [1.29, 1.82) is 0 Å². The lowest BCUT2D eigenvalue weighted by atomic mass is 10.0. The molecule has 0 saturated carbocycles. The van der Waals surface area contributed by atoms with E-state index in [1.165, 1.54) is 0 Å². The molecule has 0 aromatic carbocycles. The van der Waals surface area contributed by atoms with Gasteiger partial charge >= 0.3 is 6.03 Å². The maximum absolute atomic E-state index is 11.9. The van der Waals surface area contributed by atoms with Crippen LogP contribution in [0.4, 0.5) is 4.79 Å². The van der Waals surface area contributed by atoms with E-state index in [9.17, 15) is 4.79 Å². The monoisotopic (exact) mass is 310 g/mol. The molecule has 1 N–H and O–H groups in total. The Labute approximate surface area is 129 Å². The molecule has 21 heavy (non-hydrogen) atoms. The van der Waals surface area contributed by atoms with Gasteiger partial charge in [-0.1, -0.05) is 0 Å². The minimum Gasteiger partial charge on any atom is -0.374 e. The molecule has 3 heterocycles. The molecule has 6 nitrogen and oxygen atoms in total. The lowest BCUT2D eigenvalue weighted by Crippen LogP contribution is -2.50. The summed E-state index contributed by atoms with van der Waals surface area (Å²) >= 11 is 1.68. The van der Waals surface area contributed by atoms with Gasteiger partial charge in [-0.3, -0.25) is 4.90 Å². The maximum Gasteiger partial charge on any atom is 0.317 e. The van der Waals surface area contributed by atoms with Gasteiger partial charge in [0, 0.05) is 44.9 Å². The molecular formula is C14H22N4O2S. The van der Waals surface area contributed by atoms with Crippen molar-refractivity contribution in [3.05, 3.63) is 16.6 Å². The zero-order chi connectivity index (χ0) is 14.8. The van der Waals surface area contributed by atoms with Crippen LogP contribution in [-0.2, 0) is 11.3 Å². The van der Waals surface area contributed by atoms with Crippen molar-refractivity contribution in [2.75, 3.05) is 27.2 Å². The highest BCUT2D eigenvalue weighted by atomic mass is 32.1. The van der Waals surface area contributed by atoms with Crippen molar-refractivity contribution in [2.24, 2.45) is 0 Å². The average molecular weight is 310 g/mol. The van der Waals surface area contributed by atoms with Gasteiger partial charge in [0.2, 0.25) is 0 Å². The summed E-state index contributed by atoms with van der Waals surface area (Å²) in [5.74, 6) is 0. The third kappa shape index (κ3) is 3.20. The van der Waals surface area contributed by atoms with Crippen LogP contribution >= 0.6 is 11.3 Å². The third-order valence-corrected chi connectivity index (χ3v) is 4.93. The number of hydrogen-bond acceptors (Lipinski definition) is 5. The van der Waals surface area contributed by atoms with Crippen molar-refractivity contribution in [1.82, 2.24) is 20.1 Å². The number of hydrogen-bond donors (Lipinski definition) is 1. The Hall–Kier alpha value is -1.18. The highest BCUT2D eigenvalue weighted by Gasteiger charge is 2.44. The van der Waals surface area contributed by atoms with E-state index in [1.807, 2.05) is 11.6 Å². The smallest absolute Gasteiger partial charge is 0.317 e. The fraction of sp³-hybridized carbons (Fsp3) is 0.714. The van der Waals surface area contributed by atoms with E-state index < -0.39 is 0 Å². The Morgan fingerprint density at radius 2 is 2.48 bits per heavy atom. The van der Waals surface area contributed by atoms with Gasteiger partial charge < -0.3 is 15.0 Å². The van der Waals surface area contributed by atoms with Crippen LogP contribution in [0.1, 0.15) is 17.8 Å². The first-order valence-corrected chi connectivity index (χ1v) is 8.25. The molecule has 116 valence electrons. The molecule has 3 atom stereocenters. The lowest BCUT2D eigenvalue weighted by molar-refractivity contribution is -0.0207. The first-order chi connectivity index (χ1) is 10.1. The first kappa shape index (κ1) is 14.7. The summed E-state index contributed by atoms with van der Waals surface area (Å²) in [4.78, 5) is 20.3. The molecule has 0 unspecified atom stereocenters. The van der Waals surface area contributed by atoms with Crippen molar-refractivity contribution >= 4 is 17.4 Å². The van der Waals surface area contributed by atoms with Gasteiger partial charge in [0.05, 0.1) is 18.7 Å². The highest BCUT2D eigenvalue weighted by Crippen LogP contribution is 2.30. The summed E-state index contributed by atoms with van der Waals surface area (Å²) in [7, 11) is 3.52. The van der Waals surface area contributed by atoms with Crippen LogP contribution in [0.5, 0.6) is 0 Å². The number of aromatic nitrogens is 1. The van der Waals surface area contributed by atoms with Gasteiger partial charge in [0.25, 0.3) is 0 Å². The minimum atomic E-state index is -0.0518. The second-order valence-corrected chi connectivity index (χ2v) is 6.83. The van der Waals surface area contributed by atoms with Crippen LogP contribution in [0.15, 0.2) is 11.6 Å². The summed E-state index contributed by atoms with van der Waals surface area (Å²) in [6.07, 6.45) is 4.16. The Balaban J connectivity index is 1.69. The Morgan fingerprint density at radius 3 is 3.19 bits per heavy atom. The quantitative estimate of drug-likeness (QED) is 0.910. The summed E-state index contributed by atoms with van der Waals surface area (Å²) in [6.45, 7) is 2.46. The van der Waals surface area contributed by atoms with Crippen LogP contribution in [0.3, 0.4) is 0 Å². The number of likely N-dealkylation sites (tertiary alicyclic amines) is 1. The zero-order valence-corrected chi connectivity index (χ0v) is 13.3. The SMILES string of the molecule is CN(C)C(=O)N[C@@H]1CN(Cc2nccs2)[C@@H]2CCCO[C@@H]21. The number of thiazole rings is 1. The summed E-state index contributed by atoms with van der Waals surface area (Å²) in [5.41, 5.74) is 0. The summed E-state index contributed by atoms with van der Waals surface area (Å²) in [5, 5.41) is 6.22. The van der Waals surface area contributed by atoms with E-state index in [2.05, 4.69) is 15.2 Å². The third-order valence-electron chi connectivity index (χ3n) is 4.17. The van der Waals surface area contributed by atoms with Crippen LogP contribution in [0, 0.1) is 0 Å². The predicted molar refractivity (Wildman–Crippen MR) is 81.3 cm³/mol. The van der Waals surface area contributed by atoms with Gasteiger partial charge in [-0.2, -0.15) is 0 Å². The van der Waals surface area contributed by atoms with Crippen molar-refractivity contribution in [2.45, 2.75) is 37.6 Å². The number of amides is 2. The van der Waals surface area contributed by atoms with Crippen LogP contribution < -0.4 is 5.32 Å². The lowest BCUT2D eigenvalue weighted by Gasteiger charge is -2.32. The first-order valence-electron chi connectivity index (χ1n) is 7.37. The zero-order valence-electron chi connectivity index (χ0n) is 12.5. The Morgan fingerprint density at radius 1 is 1.62 bits per heavy atom. The van der Waals surface area contributed by atoms with Gasteiger partial charge in [-0.05, 0) is 12.8 Å². The molecule has 2 amide bonds. The molecule has 0 radical (unpaired) electrons. The van der Waals surface area contributed by atoms with Gasteiger partial charge in [-0.15, -0.1) is 11.3 Å². The average Bonchev–Trinajstić information content (AvgIpc) is 3.09. The van der Waals surface area contributed by atoms with E-state index in [0.717, 1.165) is 37.5 Å². The molecule has 2 aliphatic heterocycles. The molecule has 0 bridgehead atoms. The second kappa shape index (κ2) is 6.29. The van der Waals surface area contributed by atoms with Gasteiger partial charge in [0.15, 0.2) is 0 Å². The molecule has 1 aromatic heterocycles. The second-order valence-electron chi connectivity index (χ2n) is 5.85. The van der Waals surface area contributed by atoms with Crippen LogP contribution in [0.25, 0.3) is 0 Å². The Kier molecular flexibility index (Phi) is 4.42. The van der Waals surface area contributed by atoms with E-state index in [0.29, 0.717) is 6.04 Å². The van der Waals surface area contributed by atoms with Gasteiger partial charge in [-0.25, -0.2) is 9.78 Å². The topological polar surface area (TPSA) is 57.7 Å². The number of carbonyl (C=O) groups is 1. The molecule has 0 aliphatic carbocycles. The van der Waals surface area contributed by atoms with E-state index in [4.69, 9.17) is 4.74 Å². The van der Waals surface area contributed by atoms with Crippen molar-refractivity contribution < 1.29 is 9.53 Å². The van der Waals surface area contributed by atoms with E-state index in [1.54, 1.807) is 30.3 Å². The number of ether oxygens (including phenoxy) is 1. The molecule has 7 heteroatoms. The minimum absolute atomic E-state index is 0.0518. The number of fused-ring (bicyclic) bond motifs is 1. The van der Waals surface area contributed by atoms with Crippen LogP contribution in [0.2, 0.25) is 0 Å². The fourth-order valence-corrected chi connectivity index (χ4v) is 3.80. The van der Waals surface area contributed by atoms with Gasteiger partial charge in [0.1, 0.15) is 5.01 Å². The van der Waals surface area contributed by atoms with E-state index >= 15 is 0 Å². The molecule has 2 aliphatic rings. The molecule has 2 saturated heterocycles. The number of nitrogens with zero attached hydrogens (tertiary/aromatic N) is 3. The highest BCUT2D eigenvalue weighted by molar-refractivity contribution is 7.09. The maximum atomic E-state index is 11.9. The molecular weight excluding hydrogens is 288 g/mol. The number of nitrogens with one attached hydrogen (secondary N) is 1. The van der Waals surface area contributed by atoms with E-state index in [-0.39, 0.29) is 18.2 Å². The van der Waals surface area contributed by atoms with Crippen molar-refractivity contribution in [3.63, 3.8) is 0 Å². The molecule has 0 spiro atoms. The molecule has 3 rings (SSSR count). The van der Waals surface area contributed by atoms with Crippen LogP contribution in [-0.4, -0.2) is 66.2 Å². The standard InChI is InChI=1S/C14H22N4O2S/c1-17(2)14(19)16-10-8-18(9-12-15-5-7-21-12)11-4-3-6-20-13(10)11/h5,7,10-11,13H,3-4,6,8-9H2,1-2H3,(H,16,19)/t10-,11-,13-/m1/s1. The molecule has 2 fully saturated rings. The van der Waals surface area contributed by atoms with Crippen molar-refractivity contribution in [3.8, 4) is 0 Å². The fourth-order valence-electron chi connectivity index (χ4n) is 3.16. The number of urea groups is 1. The number of carbonyl (C=O) groups excluding carboxylic acids is 1. The molecule has 1 aromatic rings. The Bertz CT molecular complexity index is 479. The normalized spacial score (nSPS) is 29.1. The number of rotatable bonds is 3. The summed E-state index contributed by atoms with van der Waals surface area (Å²) < 4.78 is 5.95. The predicted octanol–water partition coefficient (Wildman–Crippen LogP) is 1.15.